The van der Waals surface area contributed by atoms with Gasteiger partial charge in [-0.3, -0.25) is 9.55 Å². The van der Waals surface area contributed by atoms with Crippen molar-refractivity contribution in [2.75, 3.05) is 7.11 Å². The Kier molecular flexibility index (Phi) is 3.10. The van der Waals surface area contributed by atoms with Crippen molar-refractivity contribution in [2.45, 2.75) is 0 Å². The van der Waals surface area contributed by atoms with E-state index in [2.05, 4.69) is 4.98 Å². The molecule has 0 radical (unpaired) electrons. The molecule has 17 heavy (non-hydrogen) atoms. The van der Waals surface area contributed by atoms with Crippen molar-refractivity contribution < 1.29 is 4.74 Å². The molecular weight excluding hydrogens is 236 g/mol. The van der Waals surface area contributed by atoms with Crippen LogP contribution in [0.3, 0.4) is 0 Å². The Morgan fingerprint density at radius 2 is 1.94 bits per heavy atom. The number of nitrogens with one attached hydrogen (secondary N) is 1. The second kappa shape index (κ2) is 4.55. The van der Waals surface area contributed by atoms with E-state index in [0.717, 1.165) is 17.0 Å². The summed E-state index contributed by atoms with van der Waals surface area (Å²) in [7, 11) is 3.32. The zero-order valence-corrected chi connectivity index (χ0v) is 10.4. The summed E-state index contributed by atoms with van der Waals surface area (Å²) in [6.45, 7) is 0. The van der Waals surface area contributed by atoms with Crippen LogP contribution in [-0.4, -0.2) is 16.7 Å². The predicted molar refractivity (Wildman–Crippen MR) is 68.9 cm³/mol. The van der Waals surface area contributed by atoms with Crippen LogP contribution in [0.1, 0.15) is 0 Å². The number of hydrogen-bond acceptors (Lipinski definition) is 3. The molecule has 0 bridgehead atoms. The van der Waals surface area contributed by atoms with Crippen LogP contribution in [0.25, 0.3) is 11.3 Å². The highest BCUT2D eigenvalue weighted by Gasteiger charge is 2.03. The summed E-state index contributed by atoms with van der Waals surface area (Å²) in [6, 6.07) is 9.24. The summed E-state index contributed by atoms with van der Waals surface area (Å²) in [5.41, 5.74) is 1.48. The highest BCUT2D eigenvalue weighted by molar-refractivity contribution is 7.71. The zero-order chi connectivity index (χ0) is 12.4. The molecule has 4 nitrogen and oxygen atoms in total. The van der Waals surface area contributed by atoms with E-state index < -0.39 is 0 Å². The third-order valence-corrected chi connectivity index (χ3v) is 2.77. The number of methoxy groups -OCH3 is 1. The van der Waals surface area contributed by atoms with Gasteiger partial charge in [-0.15, -0.1) is 0 Å². The zero-order valence-electron chi connectivity index (χ0n) is 9.56. The molecule has 0 fully saturated rings. The van der Waals surface area contributed by atoms with Gasteiger partial charge in [0.1, 0.15) is 10.4 Å². The molecule has 0 saturated carbocycles. The highest BCUT2D eigenvalue weighted by Crippen LogP contribution is 2.20. The number of H-pyrrole nitrogens is 1. The lowest BCUT2D eigenvalue weighted by atomic mass is 10.1. The number of nitrogens with zero attached hydrogens (tertiary/aromatic N) is 1. The van der Waals surface area contributed by atoms with Crippen LogP contribution in [-0.2, 0) is 7.05 Å². The van der Waals surface area contributed by atoms with E-state index in [1.807, 2.05) is 24.3 Å². The number of rotatable bonds is 2. The Morgan fingerprint density at radius 3 is 2.53 bits per heavy atom. The number of benzene rings is 1. The van der Waals surface area contributed by atoms with Gasteiger partial charge in [-0.05, 0) is 35.9 Å². The van der Waals surface area contributed by atoms with E-state index in [1.165, 1.54) is 4.57 Å². The molecule has 2 aromatic rings. The lowest BCUT2D eigenvalue weighted by Crippen LogP contribution is -2.21. The molecule has 0 aliphatic heterocycles. The number of ether oxygens (including phenoxy) is 1. The molecule has 1 aromatic heterocycles. The average molecular weight is 248 g/mol. The summed E-state index contributed by atoms with van der Waals surface area (Å²) in [4.78, 5) is 14.1. The van der Waals surface area contributed by atoms with Gasteiger partial charge in [0.15, 0.2) is 0 Å². The number of aromatic nitrogens is 2. The Labute approximate surface area is 104 Å². The van der Waals surface area contributed by atoms with Crippen molar-refractivity contribution >= 4 is 12.2 Å². The minimum absolute atomic E-state index is 0.219. The molecule has 2 rings (SSSR count). The third-order valence-electron chi connectivity index (χ3n) is 2.55. The molecule has 0 atom stereocenters. The number of hydrogen-bond donors (Lipinski definition) is 1. The predicted octanol–water partition coefficient (Wildman–Crippen LogP) is 2.12. The van der Waals surface area contributed by atoms with Crippen molar-refractivity contribution in [3.05, 3.63) is 45.5 Å². The molecule has 0 amide bonds. The summed E-state index contributed by atoms with van der Waals surface area (Å²) in [5.74, 6) is 0.778. The van der Waals surface area contributed by atoms with Crippen LogP contribution in [0, 0.1) is 4.64 Å². The largest absolute Gasteiger partial charge is 0.497 e. The molecule has 1 aromatic carbocycles. The first-order chi connectivity index (χ1) is 8.11. The lowest BCUT2D eigenvalue weighted by Gasteiger charge is -2.08. The average Bonchev–Trinajstić information content (AvgIpc) is 2.34. The summed E-state index contributed by atoms with van der Waals surface area (Å²) >= 11 is 5.00. The SMILES string of the molecule is COc1ccc(-c2cc(=S)[nH]c(=O)n2C)cc1. The fraction of sp³-hybridized carbons (Fsp3) is 0.167. The molecule has 0 unspecified atom stereocenters. The maximum Gasteiger partial charge on any atom is 0.326 e. The highest BCUT2D eigenvalue weighted by atomic mass is 32.1. The van der Waals surface area contributed by atoms with E-state index in [-0.39, 0.29) is 5.69 Å². The van der Waals surface area contributed by atoms with Gasteiger partial charge in [0.2, 0.25) is 0 Å². The van der Waals surface area contributed by atoms with E-state index in [1.54, 1.807) is 20.2 Å². The smallest absolute Gasteiger partial charge is 0.326 e. The van der Waals surface area contributed by atoms with Crippen LogP contribution in [0.2, 0.25) is 0 Å². The Morgan fingerprint density at radius 1 is 1.29 bits per heavy atom. The van der Waals surface area contributed by atoms with Crippen LogP contribution in [0.5, 0.6) is 5.75 Å². The van der Waals surface area contributed by atoms with Crippen molar-refractivity contribution in [3.8, 4) is 17.0 Å². The Bertz CT molecular complexity index is 641. The minimum Gasteiger partial charge on any atom is -0.497 e. The second-order valence-corrected chi connectivity index (χ2v) is 4.05. The summed E-state index contributed by atoms with van der Waals surface area (Å²) < 4.78 is 7.04. The molecule has 0 spiro atoms. The van der Waals surface area contributed by atoms with Crippen LogP contribution >= 0.6 is 12.2 Å². The quantitative estimate of drug-likeness (QED) is 0.828. The molecule has 0 aliphatic carbocycles. The minimum atomic E-state index is -0.219. The standard InChI is InChI=1S/C12H12N2O2S/c1-14-10(7-11(17)13-12(14)15)8-3-5-9(16-2)6-4-8/h3-7H,1-2H3,(H,13,15,17). The maximum absolute atomic E-state index is 11.6. The van der Waals surface area contributed by atoms with Gasteiger partial charge < -0.3 is 4.74 Å². The van der Waals surface area contributed by atoms with Crippen LogP contribution < -0.4 is 10.4 Å². The van der Waals surface area contributed by atoms with Crippen molar-refractivity contribution in [1.29, 1.82) is 0 Å². The van der Waals surface area contributed by atoms with Crippen molar-refractivity contribution in [3.63, 3.8) is 0 Å². The summed E-state index contributed by atoms with van der Waals surface area (Å²) in [5, 5.41) is 0. The molecule has 5 heteroatoms. The molecule has 88 valence electrons. The Hall–Kier alpha value is -1.88. The van der Waals surface area contributed by atoms with E-state index in [9.17, 15) is 4.79 Å². The molecule has 0 saturated heterocycles. The van der Waals surface area contributed by atoms with Gasteiger partial charge in [0.05, 0.1) is 12.8 Å². The first kappa shape index (κ1) is 11.6. The molecule has 1 heterocycles. The topological polar surface area (TPSA) is 47.0 Å². The Balaban J connectivity index is 2.60. The van der Waals surface area contributed by atoms with Crippen molar-refractivity contribution in [1.82, 2.24) is 9.55 Å². The van der Waals surface area contributed by atoms with E-state index >= 15 is 0 Å². The van der Waals surface area contributed by atoms with Gasteiger partial charge in [-0.25, -0.2) is 4.79 Å². The van der Waals surface area contributed by atoms with Gasteiger partial charge in [-0.1, -0.05) is 12.2 Å². The lowest BCUT2D eigenvalue weighted by molar-refractivity contribution is 0.415. The third kappa shape index (κ3) is 2.29. The van der Waals surface area contributed by atoms with Gasteiger partial charge >= 0.3 is 5.69 Å². The van der Waals surface area contributed by atoms with Crippen LogP contribution in [0.4, 0.5) is 0 Å². The molecule has 0 aliphatic rings. The van der Waals surface area contributed by atoms with Gasteiger partial charge in [-0.2, -0.15) is 0 Å². The fourth-order valence-corrected chi connectivity index (χ4v) is 1.79. The van der Waals surface area contributed by atoms with E-state index in [4.69, 9.17) is 17.0 Å². The first-order valence-corrected chi connectivity index (χ1v) is 5.47. The summed E-state index contributed by atoms with van der Waals surface area (Å²) in [6.07, 6.45) is 0. The number of aromatic amines is 1. The molecular formula is C12H12N2O2S. The first-order valence-electron chi connectivity index (χ1n) is 5.06. The van der Waals surface area contributed by atoms with Gasteiger partial charge in [0.25, 0.3) is 0 Å². The monoisotopic (exact) mass is 248 g/mol. The van der Waals surface area contributed by atoms with E-state index in [0.29, 0.717) is 4.64 Å². The van der Waals surface area contributed by atoms with Crippen LogP contribution in [0.15, 0.2) is 35.1 Å². The fourth-order valence-electron chi connectivity index (χ4n) is 1.59. The second-order valence-electron chi connectivity index (χ2n) is 3.61. The molecule has 1 N–H and O–H groups in total. The maximum atomic E-state index is 11.6. The van der Waals surface area contributed by atoms with Gasteiger partial charge in [0, 0.05) is 7.05 Å². The normalized spacial score (nSPS) is 10.2. The van der Waals surface area contributed by atoms with Crippen molar-refractivity contribution in [2.24, 2.45) is 7.05 Å².